The lowest BCUT2D eigenvalue weighted by molar-refractivity contribution is -0.131. The van der Waals surface area contributed by atoms with Crippen LogP contribution in [0, 0.1) is 0 Å². The highest BCUT2D eigenvalue weighted by Gasteiger charge is 1.94. The molecule has 0 radical (unpaired) electrons. The van der Waals surface area contributed by atoms with Crippen molar-refractivity contribution in [3.63, 3.8) is 0 Å². The Kier molecular flexibility index (Phi) is 9.84. The summed E-state index contributed by atoms with van der Waals surface area (Å²) >= 11 is 0. The summed E-state index contributed by atoms with van der Waals surface area (Å²) in [4.78, 5) is 10.4. The lowest BCUT2D eigenvalue weighted by Gasteiger charge is -2.06. The zero-order valence-corrected chi connectivity index (χ0v) is 13.7. The third kappa shape index (κ3) is 9.22. The molecule has 0 heterocycles. The minimum Gasteiger partial charge on any atom is -0.478 e. The molecule has 0 aromatic heterocycles. The number of rotatable bonds is 12. The van der Waals surface area contributed by atoms with Gasteiger partial charge in [-0.25, -0.2) is 4.79 Å². The highest BCUT2D eigenvalue weighted by Crippen LogP contribution is 2.12. The van der Waals surface area contributed by atoms with Crippen molar-refractivity contribution < 1.29 is 9.90 Å². The van der Waals surface area contributed by atoms with Crippen LogP contribution in [0.15, 0.2) is 30.3 Å². The van der Waals surface area contributed by atoms with Gasteiger partial charge in [0.05, 0.1) is 0 Å². The Balaban J connectivity index is 2.09. The predicted octanol–water partition coefficient (Wildman–Crippen LogP) is 5.34. The number of unbranched alkanes of at least 4 members (excludes halogenated alkanes) is 7. The molecule has 0 unspecified atom stereocenters. The Labute approximate surface area is 134 Å². The number of carboxylic acid groups (broad SMARTS) is 1. The van der Waals surface area contributed by atoms with Gasteiger partial charge in [0, 0.05) is 18.3 Å². The molecule has 0 amide bonds. The summed E-state index contributed by atoms with van der Waals surface area (Å²) < 4.78 is 0. The van der Waals surface area contributed by atoms with Gasteiger partial charge >= 0.3 is 5.97 Å². The molecule has 122 valence electrons. The SMILES string of the molecule is CCCCCCCCCCNc1ccc(C=CC(=O)O)cc1. The topological polar surface area (TPSA) is 49.3 Å². The Morgan fingerprint density at radius 2 is 1.59 bits per heavy atom. The van der Waals surface area contributed by atoms with E-state index in [1.54, 1.807) is 6.08 Å². The van der Waals surface area contributed by atoms with E-state index in [2.05, 4.69) is 12.2 Å². The van der Waals surface area contributed by atoms with E-state index < -0.39 is 5.97 Å². The number of carboxylic acids is 1. The Morgan fingerprint density at radius 1 is 1.00 bits per heavy atom. The van der Waals surface area contributed by atoms with E-state index in [9.17, 15) is 4.79 Å². The first-order chi connectivity index (χ1) is 10.7. The van der Waals surface area contributed by atoms with Gasteiger partial charge in [0.25, 0.3) is 0 Å². The van der Waals surface area contributed by atoms with Gasteiger partial charge in [-0.15, -0.1) is 0 Å². The minimum absolute atomic E-state index is 0.903. The van der Waals surface area contributed by atoms with Gasteiger partial charge in [0.15, 0.2) is 0 Å². The first-order valence-corrected chi connectivity index (χ1v) is 8.47. The van der Waals surface area contributed by atoms with Crippen LogP contribution in [0.4, 0.5) is 5.69 Å². The third-order valence-corrected chi connectivity index (χ3v) is 3.69. The van der Waals surface area contributed by atoms with Crippen LogP contribution in [0.25, 0.3) is 6.08 Å². The molecule has 0 bridgehead atoms. The molecule has 2 N–H and O–H groups in total. The fourth-order valence-corrected chi connectivity index (χ4v) is 2.37. The maximum atomic E-state index is 10.4. The summed E-state index contributed by atoms with van der Waals surface area (Å²) in [5.74, 6) is -0.920. The number of nitrogens with one attached hydrogen (secondary N) is 1. The second kappa shape index (κ2) is 11.8. The van der Waals surface area contributed by atoms with Crippen LogP contribution in [-0.4, -0.2) is 17.6 Å². The highest BCUT2D eigenvalue weighted by molar-refractivity contribution is 5.85. The second-order valence-corrected chi connectivity index (χ2v) is 5.70. The van der Waals surface area contributed by atoms with E-state index in [0.29, 0.717) is 0 Å². The average Bonchev–Trinajstić information content (AvgIpc) is 2.52. The first kappa shape index (κ1) is 18.3. The maximum Gasteiger partial charge on any atom is 0.328 e. The van der Waals surface area contributed by atoms with Crippen molar-refractivity contribution in [3.8, 4) is 0 Å². The van der Waals surface area contributed by atoms with E-state index in [1.165, 1.54) is 51.4 Å². The fourth-order valence-electron chi connectivity index (χ4n) is 2.37. The number of carbonyl (C=O) groups is 1. The highest BCUT2D eigenvalue weighted by atomic mass is 16.4. The standard InChI is InChI=1S/C19H29NO2/c1-2-3-4-5-6-7-8-9-16-20-18-13-10-17(11-14-18)12-15-19(21)22/h10-15,20H,2-9,16H2,1H3,(H,21,22). The number of hydrogen-bond donors (Lipinski definition) is 2. The Morgan fingerprint density at radius 3 is 2.18 bits per heavy atom. The molecule has 0 aliphatic heterocycles. The molecular weight excluding hydrogens is 274 g/mol. The van der Waals surface area contributed by atoms with Crippen LogP contribution in [0.3, 0.4) is 0 Å². The van der Waals surface area contributed by atoms with Gasteiger partial charge in [0.2, 0.25) is 0 Å². The Hall–Kier alpha value is -1.77. The maximum absolute atomic E-state index is 10.4. The van der Waals surface area contributed by atoms with Gasteiger partial charge in [0.1, 0.15) is 0 Å². The summed E-state index contributed by atoms with van der Waals surface area (Å²) in [6, 6.07) is 7.84. The lowest BCUT2D eigenvalue weighted by atomic mass is 10.1. The second-order valence-electron chi connectivity index (χ2n) is 5.70. The van der Waals surface area contributed by atoms with Gasteiger partial charge in [-0.2, -0.15) is 0 Å². The monoisotopic (exact) mass is 303 g/mol. The zero-order chi connectivity index (χ0) is 16.0. The molecule has 0 atom stereocenters. The van der Waals surface area contributed by atoms with Crippen molar-refractivity contribution in [2.75, 3.05) is 11.9 Å². The molecule has 1 rings (SSSR count). The molecule has 0 saturated carbocycles. The number of hydrogen-bond acceptors (Lipinski definition) is 2. The molecule has 3 heteroatoms. The van der Waals surface area contributed by atoms with Crippen molar-refractivity contribution in [1.29, 1.82) is 0 Å². The molecule has 0 spiro atoms. The number of anilines is 1. The summed E-state index contributed by atoms with van der Waals surface area (Å²) in [6.07, 6.45) is 13.4. The van der Waals surface area contributed by atoms with Crippen molar-refractivity contribution in [2.45, 2.75) is 58.3 Å². The summed E-state index contributed by atoms with van der Waals surface area (Å²) in [7, 11) is 0. The Bertz CT molecular complexity index is 437. The lowest BCUT2D eigenvalue weighted by Crippen LogP contribution is -2.01. The van der Waals surface area contributed by atoms with Crippen molar-refractivity contribution in [2.24, 2.45) is 0 Å². The van der Waals surface area contributed by atoms with E-state index in [0.717, 1.165) is 23.9 Å². The van der Waals surface area contributed by atoms with Crippen LogP contribution in [-0.2, 0) is 4.79 Å². The largest absolute Gasteiger partial charge is 0.478 e. The predicted molar refractivity (Wildman–Crippen MR) is 94.2 cm³/mol. The zero-order valence-electron chi connectivity index (χ0n) is 13.7. The van der Waals surface area contributed by atoms with Crippen LogP contribution >= 0.6 is 0 Å². The van der Waals surface area contributed by atoms with Crippen LogP contribution in [0.5, 0.6) is 0 Å². The third-order valence-electron chi connectivity index (χ3n) is 3.69. The normalized spacial score (nSPS) is 11.0. The summed E-state index contributed by atoms with van der Waals surface area (Å²) in [5, 5.41) is 12.0. The molecular formula is C19H29NO2. The van der Waals surface area contributed by atoms with E-state index in [-0.39, 0.29) is 0 Å². The fraction of sp³-hybridized carbons (Fsp3) is 0.526. The van der Waals surface area contributed by atoms with Crippen molar-refractivity contribution in [3.05, 3.63) is 35.9 Å². The summed E-state index contributed by atoms with van der Waals surface area (Å²) in [5.41, 5.74) is 2.00. The van der Waals surface area contributed by atoms with Crippen molar-refractivity contribution in [1.82, 2.24) is 0 Å². The quantitative estimate of drug-likeness (QED) is 0.405. The number of benzene rings is 1. The summed E-state index contributed by atoms with van der Waals surface area (Å²) in [6.45, 7) is 3.25. The van der Waals surface area contributed by atoms with Crippen LogP contribution in [0.1, 0.15) is 63.9 Å². The van der Waals surface area contributed by atoms with E-state index in [1.807, 2.05) is 24.3 Å². The molecule has 1 aromatic rings. The molecule has 1 aromatic carbocycles. The van der Waals surface area contributed by atoms with Gasteiger partial charge in [-0.1, -0.05) is 64.0 Å². The van der Waals surface area contributed by atoms with Gasteiger partial charge < -0.3 is 10.4 Å². The van der Waals surface area contributed by atoms with Gasteiger partial charge in [-0.3, -0.25) is 0 Å². The molecule has 0 fully saturated rings. The van der Waals surface area contributed by atoms with Crippen molar-refractivity contribution >= 4 is 17.7 Å². The van der Waals surface area contributed by atoms with Crippen LogP contribution in [0.2, 0.25) is 0 Å². The van der Waals surface area contributed by atoms with Crippen LogP contribution < -0.4 is 5.32 Å². The van der Waals surface area contributed by atoms with Gasteiger partial charge in [-0.05, 0) is 30.2 Å². The molecule has 0 saturated heterocycles. The molecule has 3 nitrogen and oxygen atoms in total. The molecule has 22 heavy (non-hydrogen) atoms. The smallest absolute Gasteiger partial charge is 0.328 e. The van der Waals surface area contributed by atoms with E-state index >= 15 is 0 Å². The van der Waals surface area contributed by atoms with E-state index in [4.69, 9.17) is 5.11 Å². The average molecular weight is 303 g/mol. The molecule has 0 aliphatic rings. The number of aliphatic carboxylic acids is 1. The molecule has 0 aliphatic carbocycles. The first-order valence-electron chi connectivity index (χ1n) is 8.47. The minimum atomic E-state index is -0.920.